The fourth-order valence-electron chi connectivity index (χ4n) is 1.91. The lowest BCUT2D eigenvalue weighted by molar-refractivity contribution is -0.119. The molecule has 4 heteroatoms. The summed E-state index contributed by atoms with van der Waals surface area (Å²) < 4.78 is 0. The Labute approximate surface area is 116 Å². The summed E-state index contributed by atoms with van der Waals surface area (Å²) in [5.41, 5.74) is 7.78. The van der Waals surface area contributed by atoms with E-state index in [4.69, 9.17) is 5.73 Å². The second-order valence-electron chi connectivity index (χ2n) is 5.22. The van der Waals surface area contributed by atoms with Crippen molar-refractivity contribution in [2.75, 3.05) is 25.0 Å². The zero-order valence-electron chi connectivity index (χ0n) is 12.1. The Hall–Kier alpha value is -1.55. The number of likely N-dealkylation sites (N-methyl/N-ethyl adjacent to an activating group) is 1. The van der Waals surface area contributed by atoms with Gasteiger partial charge in [0.1, 0.15) is 0 Å². The standard InChI is InChI=1S/C15H25N3O/c1-12(2)8-9-17-15(19)11-18(3)14-7-5-4-6-13(14)10-16/h4-7,12H,8-11,16H2,1-3H3,(H,17,19). The highest BCUT2D eigenvalue weighted by molar-refractivity contribution is 5.81. The number of hydrogen-bond donors (Lipinski definition) is 2. The van der Waals surface area contributed by atoms with Crippen molar-refractivity contribution in [3.63, 3.8) is 0 Å². The molecule has 0 saturated carbocycles. The summed E-state index contributed by atoms with van der Waals surface area (Å²) in [5, 5.41) is 2.94. The van der Waals surface area contributed by atoms with Gasteiger partial charge in [-0.3, -0.25) is 4.79 Å². The highest BCUT2D eigenvalue weighted by atomic mass is 16.2. The lowest BCUT2D eigenvalue weighted by Crippen LogP contribution is -2.36. The molecule has 106 valence electrons. The molecule has 0 radical (unpaired) electrons. The molecule has 0 bridgehead atoms. The minimum atomic E-state index is 0.0509. The molecule has 1 aromatic carbocycles. The van der Waals surface area contributed by atoms with E-state index >= 15 is 0 Å². The Bertz CT molecular complexity index is 404. The Kier molecular flexibility index (Phi) is 6.36. The minimum Gasteiger partial charge on any atom is -0.365 e. The van der Waals surface area contributed by atoms with Crippen LogP contribution < -0.4 is 16.0 Å². The van der Waals surface area contributed by atoms with Crippen molar-refractivity contribution >= 4 is 11.6 Å². The summed E-state index contributed by atoms with van der Waals surface area (Å²) in [5.74, 6) is 0.658. The number of rotatable bonds is 7. The quantitative estimate of drug-likeness (QED) is 0.788. The summed E-state index contributed by atoms with van der Waals surface area (Å²) >= 11 is 0. The van der Waals surface area contributed by atoms with E-state index in [1.807, 2.05) is 36.2 Å². The van der Waals surface area contributed by atoms with Gasteiger partial charge in [-0.15, -0.1) is 0 Å². The lowest BCUT2D eigenvalue weighted by Gasteiger charge is -2.21. The highest BCUT2D eigenvalue weighted by Crippen LogP contribution is 2.17. The van der Waals surface area contributed by atoms with E-state index in [1.165, 1.54) is 0 Å². The van der Waals surface area contributed by atoms with Crippen molar-refractivity contribution in [2.24, 2.45) is 11.7 Å². The van der Waals surface area contributed by atoms with Gasteiger partial charge in [-0.05, 0) is 24.0 Å². The van der Waals surface area contributed by atoms with Crippen molar-refractivity contribution in [3.8, 4) is 0 Å². The number of anilines is 1. The van der Waals surface area contributed by atoms with Crippen LogP contribution in [0.4, 0.5) is 5.69 Å². The van der Waals surface area contributed by atoms with Crippen LogP contribution in [0.25, 0.3) is 0 Å². The van der Waals surface area contributed by atoms with Gasteiger partial charge in [0.2, 0.25) is 5.91 Å². The van der Waals surface area contributed by atoms with Crippen LogP contribution in [0.3, 0.4) is 0 Å². The fraction of sp³-hybridized carbons (Fsp3) is 0.533. The molecule has 1 aromatic rings. The number of benzene rings is 1. The maximum absolute atomic E-state index is 11.8. The molecule has 0 fully saturated rings. The van der Waals surface area contributed by atoms with Crippen LogP contribution in [0.5, 0.6) is 0 Å². The molecular formula is C15H25N3O. The molecule has 1 rings (SSSR count). The Morgan fingerprint density at radius 3 is 2.68 bits per heavy atom. The van der Waals surface area contributed by atoms with E-state index in [0.717, 1.165) is 24.2 Å². The first-order valence-electron chi connectivity index (χ1n) is 6.80. The normalized spacial score (nSPS) is 10.6. The van der Waals surface area contributed by atoms with Crippen LogP contribution in [0.1, 0.15) is 25.8 Å². The summed E-state index contributed by atoms with van der Waals surface area (Å²) in [6.07, 6.45) is 1.01. The van der Waals surface area contributed by atoms with Gasteiger partial charge >= 0.3 is 0 Å². The monoisotopic (exact) mass is 263 g/mol. The van der Waals surface area contributed by atoms with E-state index in [1.54, 1.807) is 0 Å². The number of hydrogen-bond acceptors (Lipinski definition) is 3. The Morgan fingerprint density at radius 1 is 1.37 bits per heavy atom. The second-order valence-corrected chi connectivity index (χ2v) is 5.22. The van der Waals surface area contributed by atoms with Crippen LogP contribution >= 0.6 is 0 Å². The third-order valence-corrected chi connectivity index (χ3v) is 3.05. The lowest BCUT2D eigenvalue weighted by atomic mass is 10.1. The van der Waals surface area contributed by atoms with Crippen molar-refractivity contribution in [1.29, 1.82) is 0 Å². The number of para-hydroxylation sites is 1. The maximum atomic E-state index is 11.8. The smallest absolute Gasteiger partial charge is 0.239 e. The predicted molar refractivity (Wildman–Crippen MR) is 80.1 cm³/mol. The van der Waals surface area contributed by atoms with Crippen LogP contribution in [0.15, 0.2) is 24.3 Å². The molecule has 0 aliphatic rings. The van der Waals surface area contributed by atoms with E-state index in [-0.39, 0.29) is 5.91 Å². The largest absolute Gasteiger partial charge is 0.365 e. The summed E-state index contributed by atoms with van der Waals surface area (Å²) in [6, 6.07) is 7.90. The van der Waals surface area contributed by atoms with Gasteiger partial charge in [-0.1, -0.05) is 32.0 Å². The molecule has 0 saturated heterocycles. The van der Waals surface area contributed by atoms with E-state index in [0.29, 0.717) is 19.0 Å². The summed E-state index contributed by atoms with van der Waals surface area (Å²) in [4.78, 5) is 13.8. The Morgan fingerprint density at radius 2 is 2.05 bits per heavy atom. The first-order valence-corrected chi connectivity index (χ1v) is 6.80. The molecule has 0 spiro atoms. The topological polar surface area (TPSA) is 58.4 Å². The summed E-state index contributed by atoms with van der Waals surface area (Å²) in [6.45, 7) is 5.87. The van der Waals surface area contributed by atoms with Crippen molar-refractivity contribution in [2.45, 2.75) is 26.8 Å². The highest BCUT2D eigenvalue weighted by Gasteiger charge is 2.09. The molecule has 0 aromatic heterocycles. The SMILES string of the molecule is CC(C)CCNC(=O)CN(C)c1ccccc1CN. The Balaban J connectivity index is 2.49. The molecule has 0 unspecified atom stereocenters. The average molecular weight is 263 g/mol. The molecule has 3 N–H and O–H groups in total. The number of carbonyl (C=O) groups is 1. The number of amides is 1. The second kappa shape index (κ2) is 7.79. The van der Waals surface area contributed by atoms with E-state index in [2.05, 4.69) is 19.2 Å². The van der Waals surface area contributed by atoms with Gasteiger partial charge in [0.05, 0.1) is 6.54 Å². The van der Waals surface area contributed by atoms with Crippen LogP contribution in [-0.2, 0) is 11.3 Å². The average Bonchev–Trinajstić information content (AvgIpc) is 2.38. The van der Waals surface area contributed by atoms with E-state index in [9.17, 15) is 4.79 Å². The first-order chi connectivity index (χ1) is 9.04. The molecule has 0 atom stereocenters. The predicted octanol–water partition coefficient (Wildman–Crippen LogP) is 1.74. The van der Waals surface area contributed by atoms with Gasteiger partial charge < -0.3 is 16.0 Å². The molecule has 19 heavy (non-hydrogen) atoms. The number of nitrogens with zero attached hydrogens (tertiary/aromatic N) is 1. The van der Waals surface area contributed by atoms with Gasteiger partial charge in [0.25, 0.3) is 0 Å². The maximum Gasteiger partial charge on any atom is 0.239 e. The number of nitrogens with one attached hydrogen (secondary N) is 1. The summed E-state index contributed by atoms with van der Waals surface area (Å²) in [7, 11) is 1.91. The fourth-order valence-corrected chi connectivity index (χ4v) is 1.91. The molecule has 1 amide bonds. The van der Waals surface area contributed by atoms with Crippen molar-refractivity contribution in [3.05, 3.63) is 29.8 Å². The third kappa shape index (κ3) is 5.30. The molecule has 0 heterocycles. The minimum absolute atomic E-state index is 0.0509. The van der Waals surface area contributed by atoms with Crippen LogP contribution in [0.2, 0.25) is 0 Å². The molecule has 4 nitrogen and oxygen atoms in total. The van der Waals surface area contributed by atoms with Crippen LogP contribution in [0, 0.1) is 5.92 Å². The zero-order valence-corrected chi connectivity index (χ0v) is 12.1. The van der Waals surface area contributed by atoms with Gasteiger partial charge in [-0.2, -0.15) is 0 Å². The van der Waals surface area contributed by atoms with Gasteiger partial charge in [0, 0.05) is 25.8 Å². The van der Waals surface area contributed by atoms with Gasteiger partial charge in [-0.25, -0.2) is 0 Å². The van der Waals surface area contributed by atoms with Crippen molar-refractivity contribution in [1.82, 2.24) is 5.32 Å². The molecule has 0 aliphatic heterocycles. The molecular weight excluding hydrogens is 238 g/mol. The number of nitrogens with two attached hydrogens (primary N) is 1. The van der Waals surface area contributed by atoms with E-state index < -0.39 is 0 Å². The van der Waals surface area contributed by atoms with Crippen LogP contribution in [-0.4, -0.2) is 26.0 Å². The zero-order chi connectivity index (χ0) is 14.3. The third-order valence-electron chi connectivity index (χ3n) is 3.05. The van der Waals surface area contributed by atoms with Gasteiger partial charge in [0.15, 0.2) is 0 Å². The molecule has 0 aliphatic carbocycles. The first kappa shape index (κ1) is 15.5. The number of carbonyl (C=O) groups excluding carboxylic acids is 1. The van der Waals surface area contributed by atoms with Crippen molar-refractivity contribution < 1.29 is 4.79 Å².